The number of aromatic nitrogens is 1. The van der Waals surface area contributed by atoms with Crippen molar-refractivity contribution in [1.29, 1.82) is 5.26 Å². The Balaban J connectivity index is 2.90. The highest BCUT2D eigenvalue weighted by Gasteiger charge is 2.15. The number of nitrogens with zero attached hydrogens (tertiary/aromatic N) is 2. The predicted molar refractivity (Wildman–Crippen MR) is 82.3 cm³/mol. The molecule has 0 spiro atoms. The number of ether oxygens (including phenoxy) is 1. The van der Waals surface area contributed by atoms with E-state index in [1.807, 2.05) is 36.8 Å². The summed E-state index contributed by atoms with van der Waals surface area (Å²) in [4.78, 5) is 11.2. The molecule has 1 aromatic rings. The van der Waals surface area contributed by atoms with Crippen molar-refractivity contribution in [2.45, 2.75) is 6.92 Å². The van der Waals surface area contributed by atoms with Crippen LogP contribution in [-0.4, -0.2) is 18.8 Å². The van der Waals surface area contributed by atoms with E-state index >= 15 is 0 Å². The van der Waals surface area contributed by atoms with Gasteiger partial charge in [0.2, 0.25) is 0 Å². The molecule has 4 nitrogen and oxygen atoms in total. The molecule has 0 aliphatic carbocycles. The topological polar surface area (TPSA) is 54.0 Å². The lowest BCUT2D eigenvalue weighted by atomic mass is 10.4. The summed E-state index contributed by atoms with van der Waals surface area (Å²) in [6, 6.07) is 7.78. The van der Waals surface area contributed by atoms with Crippen LogP contribution in [0.2, 0.25) is 0 Å². The number of rotatable bonds is 6. The summed E-state index contributed by atoms with van der Waals surface area (Å²) in [7, 11) is 0. The van der Waals surface area contributed by atoms with Crippen molar-refractivity contribution in [3.8, 4) is 6.07 Å². The van der Waals surface area contributed by atoms with Crippen molar-refractivity contribution in [3.63, 3.8) is 0 Å². The van der Waals surface area contributed by atoms with E-state index in [0.29, 0.717) is 12.3 Å². The van der Waals surface area contributed by atoms with Gasteiger partial charge in [-0.3, -0.25) is 0 Å². The van der Waals surface area contributed by atoms with Gasteiger partial charge in [-0.25, -0.2) is 4.79 Å². The highest BCUT2D eigenvalue weighted by Crippen LogP contribution is 2.30. The Morgan fingerprint density at radius 1 is 1.40 bits per heavy atom. The van der Waals surface area contributed by atoms with Crippen molar-refractivity contribution in [2.24, 2.45) is 0 Å². The summed E-state index contributed by atoms with van der Waals surface area (Å²) in [6.07, 6.45) is 6.87. The summed E-state index contributed by atoms with van der Waals surface area (Å²) < 4.78 is 7.35. The number of nitriles is 1. The van der Waals surface area contributed by atoms with Crippen LogP contribution in [0.1, 0.15) is 6.92 Å². The first kappa shape index (κ1) is 16.3. The van der Waals surface area contributed by atoms with Crippen LogP contribution in [0.5, 0.6) is 0 Å². The molecule has 104 valence electrons. The van der Waals surface area contributed by atoms with Crippen LogP contribution in [0.15, 0.2) is 46.3 Å². The second-order valence-electron chi connectivity index (χ2n) is 3.41. The van der Waals surface area contributed by atoms with Crippen molar-refractivity contribution < 1.29 is 14.1 Å². The molecular formula is C14H15N2O2S2+. The molecule has 0 radical (unpaired) electrons. The van der Waals surface area contributed by atoms with E-state index in [2.05, 4.69) is 6.07 Å². The maximum atomic E-state index is 11.2. The van der Waals surface area contributed by atoms with E-state index in [1.54, 1.807) is 16.9 Å². The minimum absolute atomic E-state index is 0.350. The quantitative estimate of drug-likeness (QED) is 0.350. The van der Waals surface area contributed by atoms with Gasteiger partial charge in [-0.2, -0.15) is 9.83 Å². The van der Waals surface area contributed by atoms with E-state index in [9.17, 15) is 10.1 Å². The Labute approximate surface area is 127 Å². The highest BCUT2D eigenvalue weighted by molar-refractivity contribution is 8.23. The van der Waals surface area contributed by atoms with Gasteiger partial charge in [-0.15, -0.1) is 11.8 Å². The summed E-state index contributed by atoms with van der Waals surface area (Å²) in [5, 5.41) is 10.9. The molecule has 1 heterocycles. The van der Waals surface area contributed by atoms with E-state index in [0.717, 1.165) is 4.24 Å². The average Bonchev–Trinajstić information content (AvgIpc) is 2.47. The second-order valence-corrected chi connectivity index (χ2v) is 5.40. The van der Waals surface area contributed by atoms with Crippen LogP contribution < -0.4 is 4.57 Å². The first-order valence-electron chi connectivity index (χ1n) is 5.88. The molecule has 0 saturated carbocycles. The first-order valence-corrected chi connectivity index (χ1v) is 7.98. The van der Waals surface area contributed by atoms with Gasteiger partial charge in [0, 0.05) is 18.2 Å². The molecule has 0 amide bonds. The summed E-state index contributed by atoms with van der Waals surface area (Å²) >= 11 is 2.78. The van der Waals surface area contributed by atoms with Crippen LogP contribution in [-0.2, 0) is 9.53 Å². The molecule has 0 aliphatic rings. The van der Waals surface area contributed by atoms with Gasteiger partial charge in [0.25, 0.3) is 0 Å². The zero-order valence-electron chi connectivity index (χ0n) is 11.3. The predicted octanol–water partition coefficient (Wildman–Crippen LogP) is 2.80. The van der Waals surface area contributed by atoms with Crippen molar-refractivity contribution in [1.82, 2.24) is 0 Å². The number of thioether (sulfide) groups is 2. The minimum Gasteiger partial charge on any atom is -0.463 e. The number of carbonyl (C=O) groups excluding carboxylic acids is 1. The first-order chi connectivity index (χ1) is 9.72. The number of hydrogen-bond acceptors (Lipinski definition) is 5. The number of hydrogen-bond donors (Lipinski definition) is 0. The molecule has 0 saturated heterocycles. The van der Waals surface area contributed by atoms with Gasteiger partial charge < -0.3 is 4.74 Å². The van der Waals surface area contributed by atoms with Gasteiger partial charge >= 0.3 is 11.7 Å². The van der Waals surface area contributed by atoms with Gasteiger partial charge in [-0.05, 0) is 18.6 Å². The number of esters is 1. The van der Waals surface area contributed by atoms with Crippen molar-refractivity contribution in [2.75, 3.05) is 12.9 Å². The maximum absolute atomic E-state index is 11.2. The SMILES string of the molecule is CCOC(=O)/C=C/S/C(SC)=C(/C#N)[n+]1ccccc1. The molecule has 0 unspecified atom stereocenters. The van der Waals surface area contributed by atoms with E-state index in [4.69, 9.17) is 4.74 Å². The lowest BCUT2D eigenvalue weighted by Crippen LogP contribution is -2.30. The minimum atomic E-state index is -0.383. The number of pyridine rings is 1. The molecular weight excluding hydrogens is 292 g/mol. The van der Waals surface area contributed by atoms with E-state index in [-0.39, 0.29) is 5.97 Å². The van der Waals surface area contributed by atoms with Crippen LogP contribution in [0.25, 0.3) is 5.70 Å². The normalized spacial score (nSPS) is 11.8. The smallest absolute Gasteiger partial charge is 0.331 e. The fourth-order valence-electron chi connectivity index (χ4n) is 1.30. The summed E-state index contributed by atoms with van der Waals surface area (Å²) in [6.45, 7) is 2.11. The third-order valence-electron chi connectivity index (χ3n) is 2.12. The molecule has 0 bridgehead atoms. The standard InChI is InChI=1S/C14H15N2O2S2/c1-3-18-13(17)7-10-20-14(19-2)12(11-15)16-8-5-4-6-9-16/h4-10H,3H2,1-2H3/q+1/b10-7+,14-12-. The monoisotopic (exact) mass is 307 g/mol. The molecule has 6 heteroatoms. The number of carbonyl (C=O) groups is 1. The molecule has 1 aromatic heterocycles. The lowest BCUT2D eigenvalue weighted by molar-refractivity contribution is -0.577. The summed E-state index contributed by atoms with van der Waals surface area (Å²) in [5.74, 6) is -0.383. The van der Waals surface area contributed by atoms with E-state index in [1.165, 1.54) is 29.6 Å². The Morgan fingerprint density at radius 2 is 2.10 bits per heavy atom. The fourth-order valence-corrected chi connectivity index (χ4v) is 2.76. The van der Waals surface area contributed by atoms with Crippen LogP contribution >= 0.6 is 23.5 Å². The molecule has 20 heavy (non-hydrogen) atoms. The second kappa shape index (κ2) is 9.23. The molecule has 0 aromatic carbocycles. The Bertz CT molecular complexity index is 548. The Morgan fingerprint density at radius 3 is 2.65 bits per heavy atom. The zero-order chi connectivity index (χ0) is 14.8. The third kappa shape index (κ3) is 5.11. The largest absolute Gasteiger partial charge is 0.463 e. The van der Waals surface area contributed by atoms with Crippen LogP contribution in [0, 0.1) is 11.3 Å². The van der Waals surface area contributed by atoms with Gasteiger partial charge in [-0.1, -0.05) is 17.8 Å². The molecule has 0 atom stereocenters. The lowest BCUT2D eigenvalue weighted by Gasteiger charge is -2.00. The number of allylic oxidation sites excluding steroid dienone is 1. The Hall–Kier alpha value is -1.71. The van der Waals surface area contributed by atoms with Crippen molar-refractivity contribution >= 4 is 35.2 Å². The molecule has 0 N–H and O–H groups in total. The van der Waals surface area contributed by atoms with Crippen LogP contribution in [0.3, 0.4) is 0 Å². The van der Waals surface area contributed by atoms with Crippen molar-refractivity contribution in [3.05, 3.63) is 46.3 Å². The molecule has 0 fully saturated rings. The Kier molecular flexibility index (Phi) is 7.55. The highest BCUT2D eigenvalue weighted by atomic mass is 32.2. The summed E-state index contributed by atoms with van der Waals surface area (Å²) in [5.41, 5.74) is 0.525. The van der Waals surface area contributed by atoms with E-state index < -0.39 is 0 Å². The van der Waals surface area contributed by atoms with Crippen LogP contribution in [0.4, 0.5) is 0 Å². The molecule has 0 aliphatic heterocycles. The average molecular weight is 307 g/mol. The maximum Gasteiger partial charge on any atom is 0.331 e. The fraction of sp³-hybridized carbons (Fsp3) is 0.214. The van der Waals surface area contributed by atoms with Gasteiger partial charge in [0.1, 0.15) is 4.24 Å². The van der Waals surface area contributed by atoms with Gasteiger partial charge in [0.15, 0.2) is 18.5 Å². The third-order valence-corrected chi connectivity index (χ3v) is 4.16. The molecule has 1 rings (SSSR count). The zero-order valence-corrected chi connectivity index (χ0v) is 12.9. The van der Waals surface area contributed by atoms with Gasteiger partial charge in [0.05, 0.1) is 6.61 Å².